The van der Waals surface area contributed by atoms with Gasteiger partial charge in [0.05, 0.1) is 30.2 Å². The molecule has 0 spiro atoms. The molecule has 14 heteroatoms. The highest BCUT2D eigenvalue weighted by atomic mass is 32.2. The maximum atomic E-state index is 13.3. The highest BCUT2D eigenvalue weighted by Gasteiger charge is 2.43. The van der Waals surface area contributed by atoms with Crippen LogP contribution in [0.25, 0.3) is 39.4 Å². The zero-order valence-corrected chi connectivity index (χ0v) is 31.9. The molecule has 4 amide bonds. The molecule has 0 bridgehead atoms. The second-order valence-corrected chi connectivity index (χ2v) is 14.6. The molecule has 8 rings (SSSR count). The van der Waals surface area contributed by atoms with Crippen LogP contribution in [-0.4, -0.2) is 76.4 Å². The Morgan fingerprint density at radius 3 is 2.64 bits per heavy atom. The van der Waals surface area contributed by atoms with Crippen LogP contribution in [0, 0.1) is 0 Å². The number of carbonyl (C=O) groups is 4. The van der Waals surface area contributed by atoms with Crippen molar-refractivity contribution in [2.45, 2.75) is 71.6 Å². The monoisotopic (exact) mass is 773 g/mol. The van der Waals surface area contributed by atoms with E-state index in [1.807, 2.05) is 47.5 Å². The van der Waals surface area contributed by atoms with Crippen molar-refractivity contribution in [1.82, 2.24) is 33.6 Å². The van der Waals surface area contributed by atoms with Crippen molar-refractivity contribution in [1.29, 1.82) is 0 Å². The largest absolute Gasteiger partial charge is 0.478 e. The van der Waals surface area contributed by atoms with E-state index in [2.05, 4.69) is 34.7 Å². The van der Waals surface area contributed by atoms with Crippen molar-refractivity contribution in [3.63, 3.8) is 0 Å². The lowest BCUT2D eigenvalue weighted by atomic mass is 10.0. The number of ether oxygens (including phenoxy) is 1. The number of hydrogen-bond acceptors (Lipinski definition) is 9. The van der Waals surface area contributed by atoms with Gasteiger partial charge in [-0.25, -0.2) is 9.97 Å². The highest BCUT2D eigenvalue weighted by molar-refractivity contribution is 7.93. The minimum absolute atomic E-state index is 0.00457. The molecule has 3 aromatic heterocycles. The second kappa shape index (κ2) is 15.7. The fourth-order valence-corrected chi connectivity index (χ4v) is 8.19. The van der Waals surface area contributed by atoms with Crippen molar-refractivity contribution in [3.8, 4) is 28.4 Å². The first-order chi connectivity index (χ1) is 27.2. The number of aryl methyl sites for hydroxylation is 1. The molecular formula is C42H40FN7O5S. The summed E-state index contributed by atoms with van der Waals surface area (Å²) in [5.74, 6) is 0.0300. The minimum Gasteiger partial charge on any atom is -0.478 e. The summed E-state index contributed by atoms with van der Waals surface area (Å²) in [5.41, 5.74) is 6.82. The number of halogens is 1. The summed E-state index contributed by atoms with van der Waals surface area (Å²) >= 11 is -0.408. The van der Waals surface area contributed by atoms with Gasteiger partial charge in [0, 0.05) is 79.9 Å². The van der Waals surface area contributed by atoms with Gasteiger partial charge in [-0.2, -0.15) is 4.31 Å². The van der Waals surface area contributed by atoms with E-state index in [9.17, 15) is 23.1 Å². The van der Waals surface area contributed by atoms with Crippen LogP contribution in [-0.2, 0) is 40.4 Å². The lowest BCUT2D eigenvalue weighted by Crippen LogP contribution is -2.51. The Morgan fingerprint density at radius 2 is 1.86 bits per heavy atom. The quantitative estimate of drug-likeness (QED) is 0.0794. The van der Waals surface area contributed by atoms with Gasteiger partial charge in [-0.1, -0.05) is 49.4 Å². The van der Waals surface area contributed by atoms with Crippen molar-refractivity contribution in [2.75, 3.05) is 13.2 Å². The number of unbranched alkanes of at least 4 members (excludes halogenated alkanes) is 1. The van der Waals surface area contributed by atoms with Crippen LogP contribution >= 0.6 is 12.3 Å². The summed E-state index contributed by atoms with van der Waals surface area (Å²) in [6.07, 6.45) is 10.1. The van der Waals surface area contributed by atoms with Crippen molar-refractivity contribution < 1.29 is 27.8 Å². The molecule has 3 aliphatic heterocycles. The lowest BCUT2D eigenvalue weighted by molar-refractivity contribution is -0.145. The third-order valence-electron chi connectivity index (χ3n) is 10.8. The minimum atomic E-state index is -0.874. The lowest BCUT2D eigenvalue weighted by Gasteiger charge is -2.32. The first-order valence-electron chi connectivity index (χ1n) is 18.8. The molecule has 1 fully saturated rings. The van der Waals surface area contributed by atoms with Gasteiger partial charge in [-0.3, -0.25) is 24.2 Å². The third-order valence-corrected chi connectivity index (χ3v) is 11.3. The van der Waals surface area contributed by atoms with Crippen molar-refractivity contribution >= 4 is 52.8 Å². The molecule has 1 unspecified atom stereocenters. The number of benzene rings is 2. The molecule has 3 aliphatic rings. The number of fused-ring (bicyclic) bond motifs is 3. The van der Waals surface area contributed by atoms with Crippen LogP contribution in [0.15, 0.2) is 73.1 Å². The van der Waals surface area contributed by atoms with Gasteiger partial charge in [-0.05, 0) is 54.0 Å². The molecule has 6 heterocycles. The summed E-state index contributed by atoms with van der Waals surface area (Å²) in [6.45, 7) is 6.36. The molecule has 12 nitrogen and oxygen atoms in total. The Kier molecular flexibility index (Phi) is 10.4. The van der Waals surface area contributed by atoms with Crippen LogP contribution in [0.1, 0.15) is 72.5 Å². The summed E-state index contributed by atoms with van der Waals surface area (Å²) in [4.78, 5) is 67.8. The number of allylic oxidation sites excluding steroid dienone is 1. The molecule has 1 saturated heterocycles. The number of imide groups is 1. The molecule has 0 N–H and O–H groups in total. The Hall–Kier alpha value is -5.89. The molecule has 0 aliphatic carbocycles. The number of amides is 4. The molecule has 0 saturated carbocycles. The van der Waals surface area contributed by atoms with Gasteiger partial charge < -0.3 is 19.1 Å². The van der Waals surface area contributed by atoms with E-state index in [1.165, 1.54) is 4.90 Å². The third kappa shape index (κ3) is 6.93. The number of carbonyl (C=O) groups excluding carboxylic acids is 4. The van der Waals surface area contributed by atoms with Crippen LogP contribution < -0.4 is 4.74 Å². The Morgan fingerprint density at radius 1 is 1.02 bits per heavy atom. The standard InChI is InChI=1S/C42H40FN7O5S/c1-3-37-46-40(36-25-47(26(2)51)18-19-48(36)37)30-12-8-11-28-21-34(44-23-32(28)30)29-14-16-38(45-22-29)55-20-6-4-5-9-27-10-7-13-31-33(27)24-49(41(31)53)35-15-17-39(52)50(56-43)42(35)54/h5,7-14,16,21-23,35H,3-4,6,15,17-20,24-25H2,1-2H3/b9-5+. The maximum absolute atomic E-state index is 13.3. The smallest absolute Gasteiger partial charge is 0.264 e. The average molecular weight is 774 g/mol. The van der Waals surface area contributed by atoms with Gasteiger partial charge in [0.2, 0.25) is 17.7 Å². The highest BCUT2D eigenvalue weighted by Crippen LogP contribution is 2.36. The normalized spacial score (nSPS) is 16.9. The number of piperidine rings is 1. The van der Waals surface area contributed by atoms with Crippen molar-refractivity contribution in [2.24, 2.45) is 0 Å². The summed E-state index contributed by atoms with van der Waals surface area (Å²) in [7, 11) is 0. The van der Waals surface area contributed by atoms with E-state index >= 15 is 0 Å². The predicted octanol–water partition coefficient (Wildman–Crippen LogP) is 6.96. The molecule has 1 atom stereocenters. The van der Waals surface area contributed by atoms with E-state index in [4.69, 9.17) is 14.7 Å². The predicted molar refractivity (Wildman–Crippen MR) is 210 cm³/mol. The topological polar surface area (TPSA) is 131 Å². The summed E-state index contributed by atoms with van der Waals surface area (Å²) in [6, 6.07) is 16.6. The van der Waals surface area contributed by atoms with Crippen LogP contribution in [0.4, 0.5) is 3.89 Å². The van der Waals surface area contributed by atoms with Gasteiger partial charge in [0.25, 0.3) is 11.8 Å². The Balaban J connectivity index is 0.878. The van der Waals surface area contributed by atoms with Crippen LogP contribution in [0.5, 0.6) is 5.88 Å². The fraction of sp³-hybridized carbons (Fsp3) is 0.310. The fourth-order valence-electron chi connectivity index (χ4n) is 7.83. The number of nitrogens with zero attached hydrogens (tertiary/aromatic N) is 7. The number of rotatable bonds is 11. The Bertz CT molecular complexity index is 2400. The number of aromatic nitrogens is 4. The van der Waals surface area contributed by atoms with E-state index in [0.717, 1.165) is 81.7 Å². The van der Waals surface area contributed by atoms with Gasteiger partial charge in [0.15, 0.2) is 12.3 Å². The van der Waals surface area contributed by atoms with Gasteiger partial charge in [0.1, 0.15) is 11.9 Å². The molecule has 56 heavy (non-hydrogen) atoms. The van der Waals surface area contributed by atoms with E-state index in [1.54, 1.807) is 25.3 Å². The zero-order chi connectivity index (χ0) is 38.9. The number of imidazole rings is 1. The van der Waals surface area contributed by atoms with E-state index < -0.39 is 30.2 Å². The average Bonchev–Trinajstić information content (AvgIpc) is 3.76. The number of pyridine rings is 2. The number of hydrogen-bond donors (Lipinski definition) is 0. The first kappa shape index (κ1) is 37.1. The van der Waals surface area contributed by atoms with Gasteiger partial charge >= 0.3 is 0 Å². The molecule has 286 valence electrons. The first-order valence-corrected chi connectivity index (χ1v) is 19.5. The van der Waals surface area contributed by atoms with Crippen LogP contribution in [0.2, 0.25) is 0 Å². The van der Waals surface area contributed by atoms with E-state index in [-0.39, 0.29) is 31.2 Å². The maximum Gasteiger partial charge on any atom is 0.264 e. The summed E-state index contributed by atoms with van der Waals surface area (Å²) < 4.78 is 22.0. The van der Waals surface area contributed by atoms with Gasteiger partial charge in [-0.15, -0.1) is 3.89 Å². The van der Waals surface area contributed by atoms with E-state index in [0.29, 0.717) is 35.4 Å². The summed E-state index contributed by atoms with van der Waals surface area (Å²) in [5, 5.41) is 2.03. The SMILES string of the molecule is CCc1nc(-c2cccc3cc(-c4ccc(OCCC/C=C/c5cccc6c5CN(C5CCC(=O)N(SF)C5=O)C6=O)nc4)ncc23)c2n1CCN(C(C)=O)C2. The Labute approximate surface area is 327 Å². The van der Waals surface area contributed by atoms with Crippen LogP contribution in [0.3, 0.4) is 0 Å². The molecule has 0 radical (unpaired) electrons. The zero-order valence-electron chi connectivity index (χ0n) is 31.1. The molecule has 2 aromatic carbocycles. The second-order valence-electron chi connectivity index (χ2n) is 14.1. The molecule has 5 aromatic rings. The van der Waals surface area contributed by atoms with Crippen molar-refractivity contribution in [3.05, 3.63) is 101 Å². The molecular weight excluding hydrogens is 734 g/mol.